The minimum Gasteiger partial charge on any atom is -0.375 e. The maximum absolute atomic E-state index is 6.03. The first-order valence-electron chi connectivity index (χ1n) is 7.40. The molecule has 2 nitrogen and oxygen atoms in total. The van der Waals surface area contributed by atoms with Gasteiger partial charge in [0.05, 0.1) is 12.2 Å². The summed E-state index contributed by atoms with van der Waals surface area (Å²) < 4.78 is 7.25. The van der Waals surface area contributed by atoms with Gasteiger partial charge < -0.3 is 10.1 Å². The second-order valence-corrected chi connectivity index (χ2v) is 6.59. The van der Waals surface area contributed by atoms with E-state index in [0.717, 1.165) is 13.0 Å². The summed E-state index contributed by atoms with van der Waals surface area (Å²) >= 11 is 3.67. The quantitative estimate of drug-likeness (QED) is 0.894. The average molecular weight is 324 g/mol. The lowest BCUT2D eigenvalue weighted by atomic mass is 9.81. The molecule has 0 saturated carbocycles. The van der Waals surface area contributed by atoms with E-state index >= 15 is 0 Å². The number of nitrogens with one attached hydrogen (secondary N) is 1. The minimum atomic E-state index is 0.497. The molecule has 1 aromatic rings. The zero-order chi connectivity index (χ0) is 13.2. The van der Waals surface area contributed by atoms with Crippen molar-refractivity contribution in [3.8, 4) is 0 Å². The predicted molar refractivity (Wildman–Crippen MR) is 81.3 cm³/mol. The van der Waals surface area contributed by atoms with Gasteiger partial charge >= 0.3 is 0 Å². The highest BCUT2D eigenvalue weighted by Gasteiger charge is 2.44. The molecule has 4 atom stereocenters. The molecule has 0 aromatic heterocycles. The average Bonchev–Trinajstić information content (AvgIpc) is 3.03. The summed E-state index contributed by atoms with van der Waals surface area (Å²) in [5.41, 5.74) is 1.40. The van der Waals surface area contributed by atoms with Crippen LogP contribution in [0.2, 0.25) is 0 Å². The Balaban J connectivity index is 1.73. The number of likely N-dealkylation sites (N-methyl/N-ethyl adjacent to an activating group) is 1. The van der Waals surface area contributed by atoms with Crippen LogP contribution in [0.4, 0.5) is 0 Å². The largest absolute Gasteiger partial charge is 0.375 e. The third-order valence-corrected chi connectivity index (χ3v) is 5.31. The standard InChI is InChI=1S/C16H22BrNO/c1-2-18-15(9-11-5-3-4-6-14(11)17)13-10-12-7-8-16(13)19-12/h3-6,12-13,15-16,18H,2,7-10H2,1H3. The summed E-state index contributed by atoms with van der Waals surface area (Å²) in [5, 5.41) is 3.68. The van der Waals surface area contributed by atoms with E-state index in [1.165, 1.54) is 29.3 Å². The molecule has 0 radical (unpaired) electrons. The van der Waals surface area contributed by atoms with Gasteiger partial charge in [-0.05, 0) is 43.9 Å². The van der Waals surface area contributed by atoms with E-state index in [1.54, 1.807) is 0 Å². The van der Waals surface area contributed by atoms with Crippen molar-refractivity contribution in [1.82, 2.24) is 5.32 Å². The molecule has 19 heavy (non-hydrogen) atoms. The highest BCUT2D eigenvalue weighted by Crippen LogP contribution is 2.41. The van der Waals surface area contributed by atoms with Crippen molar-refractivity contribution in [2.45, 2.75) is 50.9 Å². The highest BCUT2D eigenvalue weighted by atomic mass is 79.9. The fraction of sp³-hybridized carbons (Fsp3) is 0.625. The van der Waals surface area contributed by atoms with Crippen molar-refractivity contribution in [3.05, 3.63) is 34.3 Å². The fourth-order valence-corrected chi connectivity index (χ4v) is 4.09. The Hall–Kier alpha value is -0.380. The molecule has 0 spiro atoms. The van der Waals surface area contributed by atoms with E-state index in [0.29, 0.717) is 24.2 Å². The van der Waals surface area contributed by atoms with Gasteiger partial charge in [-0.1, -0.05) is 41.1 Å². The summed E-state index contributed by atoms with van der Waals surface area (Å²) in [4.78, 5) is 0. The Morgan fingerprint density at radius 2 is 2.21 bits per heavy atom. The van der Waals surface area contributed by atoms with Gasteiger partial charge in [0.1, 0.15) is 0 Å². The van der Waals surface area contributed by atoms with Crippen LogP contribution in [-0.4, -0.2) is 24.8 Å². The fourth-order valence-electron chi connectivity index (χ4n) is 3.64. The minimum absolute atomic E-state index is 0.497. The van der Waals surface area contributed by atoms with Crippen LogP contribution in [0.1, 0.15) is 31.7 Å². The number of fused-ring (bicyclic) bond motifs is 2. The molecule has 1 N–H and O–H groups in total. The van der Waals surface area contributed by atoms with Crippen LogP contribution in [-0.2, 0) is 11.2 Å². The molecule has 2 fully saturated rings. The summed E-state index contributed by atoms with van der Waals surface area (Å²) in [6.45, 7) is 3.23. The van der Waals surface area contributed by atoms with Gasteiger partial charge in [-0.15, -0.1) is 0 Å². The number of ether oxygens (including phenoxy) is 1. The Labute approximate surface area is 124 Å². The molecule has 2 saturated heterocycles. The van der Waals surface area contributed by atoms with Crippen LogP contribution >= 0.6 is 15.9 Å². The van der Waals surface area contributed by atoms with Crippen LogP contribution in [0.5, 0.6) is 0 Å². The maximum Gasteiger partial charge on any atom is 0.0623 e. The van der Waals surface area contributed by atoms with Crippen LogP contribution in [0, 0.1) is 5.92 Å². The second kappa shape index (κ2) is 5.94. The van der Waals surface area contributed by atoms with Crippen LogP contribution in [0.15, 0.2) is 28.7 Å². The zero-order valence-corrected chi connectivity index (χ0v) is 13.0. The molecule has 3 rings (SSSR count). The second-order valence-electron chi connectivity index (χ2n) is 5.73. The number of halogens is 1. The third kappa shape index (κ3) is 2.88. The molecule has 1 aromatic carbocycles. The lowest BCUT2D eigenvalue weighted by molar-refractivity contribution is 0.0858. The number of rotatable bonds is 5. The van der Waals surface area contributed by atoms with E-state index < -0.39 is 0 Å². The van der Waals surface area contributed by atoms with Crippen LogP contribution in [0.3, 0.4) is 0 Å². The topological polar surface area (TPSA) is 21.3 Å². The third-order valence-electron chi connectivity index (χ3n) is 4.53. The maximum atomic E-state index is 6.03. The first-order valence-corrected chi connectivity index (χ1v) is 8.19. The molecule has 2 heterocycles. The normalized spacial score (nSPS) is 30.7. The van der Waals surface area contributed by atoms with E-state index in [1.807, 2.05) is 0 Å². The van der Waals surface area contributed by atoms with Crippen LogP contribution in [0.25, 0.3) is 0 Å². The molecule has 0 aliphatic carbocycles. The van der Waals surface area contributed by atoms with Crippen molar-refractivity contribution >= 4 is 15.9 Å². The van der Waals surface area contributed by atoms with Gasteiger partial charge in [0.2, 0.25) is 0 Å². The van der Waals surface area contributed by atoms with E-state index in [2.05, 4.69) is 52.4 Å². The Bertz CT molecular complexity index is 437. The number of hydrogen-bond donors (Lipinski definition) is 1. The Kier molecular flexibility index (Phi) is 4.25. The summed E-state index contributed by atoms with van der Waals surface area (Å²) in [5.74, 6) is 0.686. The molecular formula is C16H22BrNO. The Morgan fingerprint density at radius 3 is 2.84 bits per heavy atom. The highest BCUT2D eigenvalue weighted by molar-refractivity contribution is 9.10. The summed E-state index contributed by atoms with van der Waals surface area (Å²) in [6, 6.07) is 9.11. The van der Waals surface area contributed by atoms with E-state index in [-0.39, 0.29) is 0 Å². The molecule has 3 heteroatoms. The molecular weight excluding hydrogens is 302 g/mol. The summed E-state index contributed by atoms with van der Waals surface area (Å²) in [6.07, 6.45) is 5.90. The molecule has 2 aliphatic heterocycles. The van der Waals surface area contributed by atoms with Gasteiger partial charge in [-0.2, -0.15) is 0 Å². The monoisotopic (exact) mass is 323 g/mol. The molecule has 104 valence electrons. The van der Waals surface area contributed by atoms with Crippen molar-refractivity contribution in [2.75, 3.05) is 6.54 Å². The molecule has 4 unspecified atom stereocenters. The van der Waals surface area contributed by atoms with Crippen LogP contribution < -0.4 is 5.32 Å². The van der Waals surface area contributed by atoms with Crippen molar-refractivity contribution < 1.29 is 4.74 Å². The van der Waals surface area contributed by atoms with E-state index in [4.69, 9.17) is 4.74 Å². The molecule has 2 bridgehead atoms. The molecule has 2 aliphatic rings. The van der Waals surface area contributed by atoms with Gasteiger partial charge in [-0.25, -0.2) is 0 Å². The van der Waals surface area contributed by atoms with Gasteiger partial charge in [0, 0.05) is 16.4 Å². The zero-order valence-electron chi connectivity index (χ0n) is 11.4. The predicted octanol–water partition coefficient (Wildman–Crippen LogP) is 3.54. The first-order chi connectivity index (χ1) is 9.28. The smallest absolute Gasteiger partial charge is 0.0623 e. The molecule has 0 amide bonds. The van der Waals surface area contributed by atoms with Crippen molar-refractivity contribution in [3.63, 3.8) is 0 Å². The van der Waals surface area contributed by atoms with Crippen molar-refractivity contribution in [1.29, 1.82) is 0 Å². The van der Waals surface area contributed by atoms with Gasteiger partial charge in [-0.3, -0.25) is 0 Å². The first kappa shape index (κ1) is 13.6. The lowest BCUT2D eigenvalue weighted by Crippen LogP contribution is -2.42. The Morgan fingerprint density at radius 1 is 1.37 bits per heavy atom. The summed E-state index contributed by atoms with van der Waals surface area (Å²) in [7, 11) is 0. The number of hydrogen-bond acceptors (Lipinski definition) is 2. The van der Waals surface area contributed by atoms with Crippen molar-refractivity contribution in [2.24, 2.45) is 5.92 Å². The van der Waals surface area contributed by atoms with Gasteiger partial charge in [0.25, 0.3) is 0 Å². The lowest BCUT2D eigenvalue weighted by Gasteiger charge is -2.29. The number of benzene rings is 1. The SMILES string of the molecule is CCNC(Cc1ccccc1Br)C1CC2CCC1O2. The van der Waals surface area contributed by atoms with E-state index in [9.17, 15) is 0 Å². The van der Waals surface area contributed by atoms with Gasteiger partial charge in [0.15, 0.2) is 0 Å².